The molecule has 5 heteroatoms. The third-order valence-electron chi connectivity index (χ3n) is 3.99. The minimum atomic E-state index is -0.0445. The molecule has 1 heterocycles. The first-order valence-electron chi connectivity index (χ1n) is 7.54. The van der Waals surface area contributed by atoms with Crippen LogP contribution in [-0.4, -0.2) is 25.9 Å². The summed E-state index contributed by atoms with van der Waals surface area (Å²) in [4.78, 5) is 12.2. The first kappa shape index (κ1) is 15.9. The number of pyridine rings is 1. The van der Waals surface area contributed by atoms with Crippen molar-refractivity contribution in [2.24, 2.45) is 0 Å². The molecule has 2 aromatic carbocycles. The number of methoxy groups -OCH3 is 3. The van der Waals surface area contributed by atoms with Gasteiger partial charge in [0.1, 0.15) is 5.75 Å². The lowest BCUT2D eigenvalue weighted by Crippen LogP contribution is -2.09. The first-order valence-corrected chi connectivity index (χ1v) is 7.54. The highest BCUT2D eigenvalue weighted by Gasteiger charge is 2.11. The molecule has 0 radical (unpaired) electrons. The maximum absolute atomic E-state index is 12.2. The van der Waals surface area contributed by atoms with Crippen molar-refractivity contribution in [3.63, 3.8) is 0 Å². The van der Waals surface area contributed by atoms with Crippen molar-refractivity contribution in [1.82, 2.24) is 4.57 Å². The SMILES string of the molecule is COc1ccc(Cn2ccc(=O)c3cc(OC)c(OC)cc32)cc1. The lowest BCUT2D eigenvalue weighted by molar-refractivity contribution is 0.355. The zero-order chi connectivity index (χ0) is 17.1. The van der Waals surface area contributed by atoms with Crippen molar-refractivity contribution in [1.29, 1.82) is 0 Å². The van der Waals surface area contributed by atoms with E-state index in [0.29, 0.717) is 23.4 Å². The maximum Gasteiger partial charge on any atom is 0.189 e. The van der Waals surface area contributed by atoms with Crippen LogP contribution in [0.5, 0.6) is 17.2 Å². The van der Waals surface area contributed by atoms with Crippen LogP contribution in [0, 0.1) is 0 Å². The molecular formula is C19H19NO4. The highest BCUT2D eigenvalue weighted by molar-refractivity contribution is 5.83. The molecule has 24 heavy (non-hydrogen) atoms. The molecule has 0 spiro atoms. The Kier molecular flexibility index (Phi) is 4.42. The third-order valence-corrected chi connectivity index (χ3v) is 3.99. The van der Waals surface area contributed by atoms with Crippen LogP contribution in [0.25, 0.3) is 10.9 Å². The van der Waals surface area contributed by atoms with Gasteiger partial charge in [-0.1, -0.05) is 12.1 Å². The summed E-state index contributed by atoms with van der Waals surface area (Å²) in [6, 6.07) is 13.0. The van der Waals surface area contributed by atoms with E-state index < -0.39 is 0 Å². The van der Waals surface area contributed by atoms with Gasteiger partial charge in [0.25, 0.3) is 0 Å². The van der Waals surface area contributed by atoms with Crippen LogP contribution >= 0.6 is 0 Å². The Morgan fingerprint density at radius 1 is 0.875 bits per heavy atom. The Morgan fingerprint density at radius 2 is 1.54 bits per heavy atom. The van der Waals surface area contributed by atoms with Gasteiger partial charge in [0.15, 0.2) is 16.9 Å². The molecule has 0 saturated heterocycles. The predicted octanol–water partition coefficient (Wildman–Crippen LogP) is 3.08. The minimum absolute atomic E-state index is 0.0445. The number of benzene rings is 2. The van der Waals surface area contributed by atoms with E-state index in [2.05, 4.69) is 0 Å². The van der Waals surface area contributed by atoms with Crippen LogP contribution in [0.1, 0.15) is 5.56 Å². The highest BCUT2D eigenvalue weighted by Crippen LogP contribution is 2.31. The molecule has 0 saturated carbocycles. The van der Waals surface area contributed by atoms with E-state index in [1.54, 1.807) is 39.7 Å². The van der Waals surface area contributed by atoms with Gasteiger partial charge in [0.2, 0.25) is 0 Å². The summed E-state index contributed by atoms with van der Waals surface area (Å²) in [7, 11) is 4.78. The summed E-state index contributed by atoms with van der Waals surface area (Å²) in [6.45, 7) is 0.635. The molecule has 3 aromatic rings. The van der Waals surface area contributed by atoms with Gasteiger partial charge in [0, 0.05) is 30.3 Å². The van der Waals surface area contributed by atoms with E-state index in [4.69, 9.17) is 14.2 Å². The fourth-order valence-corrected chi connectivity index (χ4v) is 2.70. The molecule has 5 nitrogen and oxygen atoms in total. The van der Waals surface area contributed by atoms with Gasteiger partial charge in [0.05, 0.1) is 26.8 Å². The molecule has 3 rings (SSSR count). The second-order valence-corrected chi connectivity index (χ2v) is 5.38. The zero-order valence-electron chi connectivity index (χ0n) is 13.9. The van der Waals surface area contributed by atoms with Gasteiger partial charge < -0.3 is 18.8 Å². The molecule has 0 atom stereocenters. The van der Waals surface area contributed by atoms with E-state index in [1.165, 1.54) is 0 Å². The lowest BCUT2D eigenvalue weighted by atomic mass is 10.1. The summed E-state index contributed by atoms with van der Waals surface area (Å²) in [5.41, 5.74) is 1.86. The average molecular weight is 325 g/mol. The van der Waals surface area contributed by atoms with Crippen LogP contribution < -0.4 is 19.6 Å². The Hall–Kier alpha value is -2.95. The molecule has 0 aliphatic rings. The number of nitrogens with zero attached hydrogens (tertiary/aromatic N) is 1. The standard InChI is InChI=1S/C19H19NO4/c1-22-14-6-4-13(5-7-14)12-20-9-8-17(21)15-10-18(23-2)19(24-3)11-16(15)20/h4-11H,12H2,1-3H3. The third kappa shape index (κ3) is 2.93. The zero-order valence-corrected chi connectivity index (χ0v) is 13.9. The van der Waals surface area contributed by atoms with E-state index in [1.807, 2.05) is 34.9 Å². The Balaban J connectivity index is 2.10. The van der Waals surface area contributed by atoms with Crippen molar-refractivity contribution < 1.29 is 14.2 Å². The number of hydrogen-bond donors (Lipinski definition) is 0. The summed E-state index contributed by atoms with van der Waals surface area (Å²) in [6.07, 6.45) is 1.79. The summed E-state index contributed by atoms with van der Waals surface area (Å²) in [5, 5.41) is 0.601. The Bertz CT molecular complexity index is 913. The van der Waals surface area contributed by atoms with Crippen LogP contribution in [0.4, 0.5) is 0 Å². The fraction of sp³-hybridized carbons (Fsp3) is 0.211. The van der Waals surface area contributed by atoms with Crippen LogP contribution in [0.3, 0.4) is 0 Å². The van der Waals surface area contributed by atoms with Crippen molar-refractivity contribution in [3.8, 4) is 17.2 Å². The largest absolute Gasteiger partial charge is 0.497 e. The second-order valence-electron chi connectivity index (χ2n) is 5.38. The van der Waals surface area contributed by atoms with Gasteiger partial charge in [-0.25, -0.2) is 0 Å². The van der Waals surface area contributed by atoms with Gasteiger partial charge in [-0.2, -0.15) is 0 Å². The number of hydrogen-bond acceptors (Lipinski definition) is 4. The molecule has 124 valence electrons. The van der Waals surface area contributed by atoms with Crippen LogP contribution in [0.15, 0.2) is 53.5 Å². The van der Waals surface area contributed by atoms with Crippen molar-refractivity contribution in [2.45, 2.75) is 6.54 Å². The van der Waals surface area contributed by atoms with Crippen molar-refractivity contribution in [3.05, 3.63) is 64.4 Å². The molecule has 0 unspecified atom stereocenters. The molecule has 0 fully saturated rings. The van der Waals surface area contributed by atoms with Gasteiger partial charge in [-0.3, -0.25) is 4.79 Å². The normalized spacial score (nSPS) is 10.6. The second kappa shape index (κ2) is 6.66. The van der Waals surface area contributed by atoms with Crippen molar-refractivity contribution >= 4 is 10.9 Å². The molecule has 0 N–H and O–H groups in total. The number of ether oxygens (including phenoxy) is 3. The number of rotatable bonds is 5. The maximum atomic E-state index is 12.2. The summed E-state index contributed by atoms with van der Waals surface area (Å²) in [5.74, 6) is 1.96. The summed E-state index contributed by atoms with van der Waals surface area (Å²) >= 11 is 0. The molecule has 1 aromatic heterocycles. The van der Waals surface area contributed by atoms with Crippen molar-refractivity contribution in [2.75, 3.05) is 21.3 Å². The fourth-order valence-electron chi connectivity index (χ4n) is 2.70. The number of fused-ring (bicyclic) bond motifs is 1. The van der Waals surface area contributed by atoms with Gasteiger partial charge in [-0.05, 0) is 23.8 Å². The molecule has 0 aliphatic carbocycles. The topological polar surface area (TPSA) is 49.7 Å². The Labute approximate surface area is 140 Å². The van der Waals surface area contributed by atoms with Gasteiger partial charge in [-0.15, -0.1) is 0 Å². The average Bonchev–Trinajstić information content (AvgIpc) is 2.63. The Morgan fingerprint density at radius 3 is 2.17 bits per heavy atom. The number of aromatic nitrogens is 1. The van der Waals surface area contributed by atoms with E-state index >= 15 is 0 Å². The quantitative estimate of drug-likeness (QED) is 0.723. The monoisotopic (exact) mass is 325 g/mol. The lowest BCUT2D eigenvalue weighted by Gasteiger charge is -2.14. The minimum Gasteiger partial charge on any atom is -0.497 e. The molecular weight excluding hydrogens is 306 g/mol. The predicted molar refractivity (Wildman–Crippen MR) is 93.4 cm³/mol. The van der Waals surface area contributed by atoms with E-state index in [0.717, 1.165) is 16.8 Å². The van der Waals surface area contributed by atoms with Crippen LogP contribution in [-0.2, 0) is 6.54 Å². The van der Waals surface area contributed by atoms with E-state index in [-0.39, 0.29) is 5.43 Å². The molecule has 0 amide bonds. The van der Waals surface area contributed by atoms with E-state index in [9.17, 15) is 4.79 Å². The smallest absolute Gasteiger partial charge is 0.189 e. The molecule has 0 bridgehead atoms. The highest BCUT2D eigenvalue weighted by atomic mass is 16.5. The first-order chi connectivity index (χ1) is 11.7. The summed E-state index contributed by atoms with van der Waals surface area (Å²) < 4.78 is 17.9. The van der Waals surface area contributed by atoms with Crippen LogP contribution in [0.2, 0.25) is 0 Å². The molecule has 0 aliphatic heterocycles. The van der Waals surface area contributed by atoms with Gasteiger partial charge >= 0.3 is 0 Å².